The average Bonchev–Trinajstić information content (AvgIpc) is 3.12. The predicted molar refractivity (Wildman–Crippen MR) is 102 cm³/mol. The minimum Gasteiger partial charge on any atom is -0.465 e. The van der Waals surface area contributed by atoms with Crippen LogP contribution in [0, 0.1) is 12.8 Å². The standard InChI is InChI=1S/C20H24N2O4S/c1-13-10-16-11-18(27(24,25)21-12-17-7-6-14(2)26-17)8-9-19(16)22(13)20(23)15-4-3-5-15/h6-9,11,13,15,21H,3-5,10,12H2,1-2H3. The maximum atomic E-state index is 12.7. The number of furan rings is 1. The first-order chi connectivity index (χ1) is 12.8. The van der Waals surface area contributed by atoms with Crippen molar-refractivity contribution in [2.45, 2.75) is 57.0 Å². The molecule has 1 amide bonds. The number of amides is 1. The summed E-state index contributed by atoms with van der Waals surface area (Å²) in [6.07, 6.45) is 3.71. The molecular formula is C20H24N2O4S. The van der Waals surface area contributed by atoms with E-state index in [1.54, 1.807) is 30.3 Å². The lowest BCUT2D eigenvalue weighted by Gasteiger charge is -2.32. The number of fused-ring (bicyclic) bond motifs is 1. The first-order valence-electron chi connectivity index (χ1n) is 9.36. The molecule has 7 heteroatoms. The van der Waals surface area contributed by atoms with Crippen LogP contribution >= 0.6 is 0 Å². The maximum absolute atomic E-state index is 12.7. The molecule has 0 radical (unpaired) electrons. The van der Waals surface area contributed by atoms with Gasteiger partial charge >= 0.3 is 0 Å². The predicted octanol–water partition coefficient (Wildman–Crippen LogP) is 3.14. The van der Waals surface area contributed by atoms with Crippen molar-refractivity contribution < 1.29 is 17.6 Å². The number of carbonyl (C=O) groups excluding carboxylic acids is 1. The van der Waals surface area contributed by atoms with Crippen molar-refractivity contribution in [1.29, 1.82) is 0 Å². The van der Waals surface area contributed by atoms with Crippen LogP contribution in [-0.4, -0.2) is 20.4 Å². The second-order valence-electron chi connectivity index (χ2n) is 7.52. The number of anilines is 1. The maximum Gasteiger partial charge on any atom is 0.240 e. The molecule has 0 bridgehead atoms. The third kappa shape index (κ3) is 3.41. The van der Waals surface area contributed by atoms with Gasteiger partial charge in [0.05, 0.1) is 11.4 Å². The van der Waals surface area contributed by atoms with Gasteiger partial charge in [0.1, 0.15) is 11.5 Å². The van der Waals surface area contributed by atoms with Crippen LogP contribution in [0.3, 0.4) is 0 Å². The molecule has 1 aromatic heterocycles. The van der Waals surface area contributed by atoms with E-state index < -0.39 is 10.0 Å². The van der Waals surface area contributed by atoms with Gasteiger partial charge < -0.3 is 9.32 Å². The molecule has 1 saturated carbocycles. The Morgan fingerprint density at radius 2 is 2.04 bits per heavy atom. The smallest absolute Gasteiger partial charge is 0.240 e. The topological polar surface area (TPSA) is 79.6 Å². The summed E-state index contributed by atoms with van der Waals surface area (Å²) in [6, 6.07) is 8.65. The molecule has 0 spiro atoms. The summed E-state index contributed by atoms with van der Waals surface area (Å²) in [6.45, 7) is 3.94. The number of aryl methyl sites for hydroxylation is 1. The molecule has 6 nitrogen and oxygen atoms in total. The van der Waals surface area contributed by atoms with Gasteiger partial charge in [-0.2, -0.15) is 0 Å². The highest BCUT2D eigenvalue weighted by atomic mass is 32.2. The molecular weight excluding hydrogens is 364 g/mol. The lowest BCUT2D eigenvalue weighted by atomic mass is 9.84. The molecule has 2 aromatic rings. The molecule has 27 heavy (non-hydrogen) atoms. The van der Waals surface area contributed by atoms with E-state index in [9.17, 15) is 13.2 Å². The first kappa shape index (κ1) is 18.3. The average molecular weight is 388 g/mol. The minimum absolute atomic E-state index is 0.0603. The van der Waals surface area contributed by atoms with Crippen LogP contribution < -0.4 is 9.62 Å². The quantitative estimate of drug-likeness (QED) is 0.853. The molecule has 1 aliphatic carbocycles. The molecule has 1 atom stereocenters. The third-order valence-corrected chi connectivity index (χ3v) is 6.90. The van der Waals surface area contributed by atoms with Gasteiger partial charge in [0.15, 0.2) is 0 Å². The molecule has 0 saturated heterocycles. The van der Waals surface area contributed by atoms with Gasteiger partial charge in [-0.3, -0.25) is 4.79 Å². The molecule has 1 aliphatic heterocycles. The summed E-state index contributed by atoms with van der Waals surface area (Å²) in [5.41, 5.74) is 1.76. The van der Waals surface area contributed by atoms with Crippen LogP contribution in [0.2, 0.25) is 0 Å². The highest BCUT2D eigenvalue weighted by molar-refractivity contribution is 7.89. The number of hydrogen-bond donors (Lipinski definition) is 1. The van der Waals surface area contributed by atoms with E-state index in [0.29, 0.717) is 12.2 Å². The number of carbonyl (C=O) groups is 1. The zero-order chi connectivity index (χ0) is 19.2. The summed E-state index contributed by atoms with van der Waals surface area (Å²) in [5.74, 6) is 1.62. The van der Waals surface area contributed by atoms with Gasteiger partial charge in [-0.25, -0.2) is 13.1 Å². The van der Waals surface area contributed by atoms with E-state index in [0.717, 1.165) is 36.3 Å². The van der Waals surface area contributed by atoms with Crippen LogP contribution in [0.25, 0.3) is 0 Å². The number of nitrogens with one attached hydrogen (secondary N) is 1. The van der Waals surface area contributed by atoms with Crippen molar-refractivity contribution >= 4 is 21.6 Å². The van der Waals surface area contributed by atoms with Crippen LogP contribution in [0.5, 0.6) is 0 Å². The van der Waals surface area contributed by atoms with Gasteiger partial charge in [0.2, 0.25) is 15.9 Å². The molecule has 1 N–H and O–H groups in total. The van der Waals surface area contributed by atoms with Crippen LogP contribution in [0.1, 0.15) is 43.3 Å². The highest BCUT2D eigenvalue weighted by Gasteiger charge is 2.37. The molecule has 2 heterocycles. The summed E-state index contributed by atoms with van der Waals surface area (Å²) in [5, 5.41) is 0. The molecule has 4 rings (SSSR count). The van der Waals surface area contributed by atoms with E-state index in [2.05, 4.69) is 4.72 Å². The number of benzene rings is 1. The van der Waals surface area contributed by atoms with Gasteiger partial charge in [0.25, 0.3) is 0 Å². The van der Waals surface area contributed by atoms with Crippen LogP contribution in [0.4, 0.5) is 5.69 Å². The Balaban J connectivity index is 1.54. The van der Waals surface area contributed by atoms with Crippen LogP contribution in [-0.2, 0) is 27.8 Å². The van der Waals surface area contributed by atoms with Crippen molar-refractivity contribution in [3.05, 3.63) is 47.4 Å². The van der Waals surface area contributed by atoms with Crippen molar-refractivity contribution in [3.63, 3.8) is 0 Å². The van der Waals surface area contributed by atoms with Gasteiger partial charge in [-0.15, -0.1) is 0 Å². The normalized spacial score (nSPS) is 19.8. The van der Waals surface area contributed by atoms with E-state index in [4.69, 9.17) is 4.42 Å². The number of rotatable bonds is 5. The highest BCUT2D eigenvalue weighted by Crippen LogP contribution is 2.38. The van der Waals surface area contributed by atoms with Gasteiger partial charge in [-0.05, 0) is 69.0 Å². The number of hydrogen-bond acceptors (Lipinski definition) is 4. The Morgan fingerprint density at radius 1 is 1.26 bits per heavy atom. The Bertz CT molecular complexity index is 976. The fourth-order valence-electron chi connectivity index (χ4n) is 3.79. The Kier molecular flexibility index (Phi) is 4.60. The lowest BCUT2D eigenvalue weighted by molar-refractivity contribution is -0.125. The third-order valence-electron chi connectivity index (χ3n) is 5.50. The van der Waals surface area contributed by atoms with Crippen LogP contribution in [0.15, 0.2) is 39.6 Å². The Morgan fingerprint density at radius 3 is 2.67 bits per heavy atom. The molecule has 144 valence electrons. The number of sulfonamides is 1. The molecule has 1 fully saturated rings. The van der Waals surface area contributed by atoms with Crippen molar-refractivity contribution in [1.82, 2.24) is 4.72 Å². The largest absolute Gasteiger partial charge is 0.465 e. The summed E-state index contributed by atoms with van der Waals surface area (Å²) in [7, 11) is -3.65. The SMILES string of the molecule is Cc1ccc(CNS(=O)(=O)c2ccc3c(c2)CC(C)N3C(=O)C2CCC2)o1. The second-order valence-corrected chi connectivity index (χ2v) is 9.28. The Hall–Kier alpha value is -2.12. The van der Waals surface area contributed by atoms with E-state index >= 15 is 0 Å². The second kappa shape index (κ2) is 6.80. The zero-order valence-electron chi connectivity index (χ0n) is 15.6. The summed E-state index contributed by atoms with van der Waals surface area (Å²) < 4.78 is 33.3. The molecule has 1 aromatic carbocycles. The van der Waals surface area contributed by atoms with Gasteiger partial charge in [0, 0.05) is 17.6 Å². The number of nitrogens with zero attached hydrogens (tertiary/aromatic N) is 1. The minimum atomic E-state index is -3.65. The molecule has 1 unspecified atom stereocenters. The van der Waals surface area contributed by atoms with Crippen molar-refractivity contribution in [2.75, 3.05) is 4.90 Å². The Labute approximate surface area is 159 Å². The summed E-state index contributed by atoms with van der Waals surface area (Å²) in [4.78, 5) is 14.8. The summed E-state index contributed by atoms with van der Waals surface area (Å²) >= 11 is 0. The first-order valence-corrected chi connectivity index (χ1v) is 10.8. The van der Waals surface area contributed by atoms with Gasteiger partial charge in [-0.1, -0.05) is 6.42 Å². The van der Waals surface area contributed by atoms with E-state index in [1.165, 1.54) is 0 Å². The van der Waals surface area contributed by atoms with E-state index in [-0.39, 0.29) is 29.3 Å². The fourth-order valence-corrected chi connectivity index (χ4v) is 4.84. The lowest BCUT2D eigenvalue weighted by Crippen LogP contribution is -2.42. The fraction of sp³-hybridized carbons (Fsp3) is 0.450. The van der Waals surface area contributed by atoms with Crippen molar-refractivity contribution in [2.24, 2.45) is 5.92 Å². The van der Waals surface area contributed by atoms with Crippen molar-refractivity contribution in [3.8, 4) is 0 Å². The molecule has 2 aliphatic rings. The van der Waals surface area contributed by atoms with E-state index in [1.807, 2.05) is 18.7 Å². The zero-order valence-corrected chi connectivity index (χ0v) is 16.4. The monoisotopic (exact) mass is 388 g/mol.